The summed E-state index contributed by atoms with van der Waals surface area (Å²) in [4.78, 5) is 31.4. The summed E-state index contributed by atoms with van der Waals surface area (Å²) in [5.41, 5.74) is 0. The van der Waals surface area contributed by atoms with E-state index in [2.05, 4.69) is 15.1 Å². The lowest BCUT2D eigenvalue weighted by atomic mass is 9.95. The summed E-state index contributed by atoms with van der Waals surface area (Å²) in [6.07, 6.45) is 9.78. The molecule has 1 saturated carbocycles. The van der Waals surface area contributed by atoms with Gasteiger partial charge in [-0.1, -0.05) is 12.8 Å². The van der Waals surface area contributed by atoms with Crippen molar-refractivity contribution in [2.45, 2.75) is 63.5 Å². The first-order chi connectivity index (χ1) is 12.2. The summed E-state index contributed by atoms with van der Waals surface area (Å²) in [5, 5.41) is 2.85. The van der Waals surface area contributed by atoms with Crippen LogP contribution in [0.1, 0.15) is 51.4 Å². The predicted octanol–water partition coefficient (Wildman–Crippen LogP) is 1.66. The normalized spacial score (nSPS) is 31.3. The highest BCUT2D eigenvalue weighted by Gasteiger charge is 2.41. The van der Waals surface area contributed by atoms with Crippen LogP contribution < -0.4 is 5.32 Å². The van der Waals surface area contributed by atoms with Gasteiger partial charge in [0.1, 0.15) is 0 Å². The zero-order valence-electron chi connectivity index (χ0n) is 15.3. The van der Waals surface area contributed by atoms with E-state index < -0.39 is 0 Å². The molecule has 0 unspecified atom stereocenters. The van der Waals surface area contributed by atoms with Crippen molar-refractivity contribution in [3.63, 3.8) is 0 Å². The molecule has 4 aliphatic rings. The van der Waals surface area contributed by atoms with Gasteiger partial charge in [0, 0.05) is 38.8 Å². The van der Waals surface area contributed by atoms with E-state index in [1.54, 1.807) is 0 Å². The molecule has 25 heavy (non-hydrogen) atoms. The van der Waals surface area contributed by atoms with Crippen LogP contribution in [0.3, 0.4) is 0 Å². The maximum absolute atomic E-state index is 13.3. The third kappa shape index (κ3) is 3.50. The first kappa shape index (κ1) is 17.1. The highest BCUT2D eigenvalue weighted by atomic mass is 16.2. The Hall–Kier alpha value is -1.30. The molecule has 1 aliphatic carbocycles. The van der Waals surface area contributed by atoms with Crippen LogP contribution in [-0.4, -0.2) is 78.0 Å². The average molecular weight is 348 g/mol. The maximum Gasteiger partial charge on any atom is 0.317 e. The van der Waals surface area contributed by atoms with Gasteiger partial charge in [-0.15, -0.1) is 0 Å². The fourth-order valence-corrected chi connectivity index (χ4v) is 5.44. The number of nitrogens with zero attached hydrogens (tertiary/aromatic N) is 3. The molecule has 0 aromatic carbocycles. The molecular weight excluding hydrogens is 316 g/mol. The Bertz CT molecular complexity index is 506. The average Bonchev–Trinajstić information content (AvgIpc) is 3.37. The summed E-state index contributed by atoms with van der Waals surface area (Å²) >= 11 is 0. The number of urea groups is 1. The third-order valence-corrected chi connectivity index (χ3v) is 6.78. The van der Waals surface area contributed by atoms with Crippen molar-refractivity contribution >= 4 is 11.9 Å². The Morgan fingerprint density at radius 2 is 1.76 bits per heavy atom. The van der Waals surface area contributed by atoms with Gasteiger partial charge in [-0.3, -0.25) is 9.69 Å². The second kappa shape index (κ2) is 7.52. The van der Waals surface area contributed by atoms with Gasteiger partial charge in [-0.25, -0.2) is 4.79 Å². The number of hydrogen-bond acceptors (Lipinski definition) is 3. The number of hydrogen-bond donors (Lipinski definition) is 1. The number of amides is 3. The third-order valence-electron chi connectivity index (χ3n) is 6.78. The smallest absolute Gasteiger partial charge is 0.317 e. The molecule has 0 aromatic heterocycles. The summed E-state index contributed by atoms with van der Waals surface area (Å²) in [7, 11) is 0. The van der Waals surface area contributed by atoms with Crippen LogP contribution in [0, 0.1) is 5.92 Å². The first-order valence-electron chi connectivity index (χ1n) is 10.3. The Balaban J connectivity index is 1.35. The number of carbonyl (C=O) groups excluding carboxylic acids is 2. The van der Waals surface area contributed by atoms with E-state index in [0.717, 1.165) is 58.0 Å². The van der Waals surface area contributed by atoms with Crippen LogP contribution in [0.4, 0.5) is 4.79 Å². The summed E-state index contributed by atoms with van der Waals surface area (Å²) in [6.45, 7) is 5.05. The molecule has 3 amide bonds. The molecule has 0 bridgehead atoms. The molecule has 0 aromatic rings. The molecule has 3 heterocycles. The largest absolute Gasteiger partial charge is 0.338 e. The first-order valence-corrected chi connectivity index (χ1v) is 10.3. The van der Waals surface area contributed by atoms with Gasteiger partial charge in [0.15, 0.2) is 0 Å². The molecule has 3 saturated heterocycles. The van der Waals surface area contributed by atoms with E-state index in [9.17, 15) is 9.59 Å². The summed E-state index contributed by atoms with van der Waals surface area (Å²) in [5.74, 6) is 1.12. The lowest BCUT2D eigenvalue weighted by Gasteiger charge is -2.34. The van der Waals surface area contributed by atoms with Crippen LogP contribution >= 0.6 is 0 Å². The molecule has 2 atom stereocenters. The van der Waals surface area contributed by atoms with Crippen molar-refractivity contribution in [2.24, 2.45) is 5.92 Å². The highest BCUT2D eigenvalue weighted by molar-refractivity contribution is 5.83. The van der Waals surface area contributed by atoms with Crippen LogP contribution in [0.15, 0.2) is 0 Å². The lowest BCUT2D eigenvalue weighted by Crippen LogP contribution is -2.50. The van der Waals surface area contributed by atoms with Gasteiger partial charge >= 0.3 is 6.03 Å². The summed E-state index contributed by atoms with van der Waals surface area (Å²) < 4.78 is 0. The molecular formula is C19H32N4O2. The number of nitrogens with one attached hydrogen (secondary N) is 1. The highest BCUT2D eigenvalue weighted by Crippen LogP contribution is 2.36. The Labute approximate surface area is 150 Å². The quantitative estimate of drug-likeness (QED) is 0.822. The lowest BCUT2D eigenvalue weighted by molar-refractivity contribution is -0.137. The van der Waals surface area contributed by atoms with Gasteiger partial charge in [0.05, 0.1) is 6.04 Å². The van der Waals surface area contributed by atoms with Crippen molar-refractivity contribution in [1.82, 2.24) is 20.0 Å². The predicted molar refractivity (Wildman–Crippen MR) is 96.3 cm³/mol. The SMILES string of the molecule is O=C1NCCN1CCN1CCC[C@H]1C(=O)N1CCC[C@H]1C1CCCC1. The molecule has 4 fully saturated rings. The molecule has 6 heteroatoms. The minimum absolute atomic E-state index is 0.0444. The van der Waals surface area contributed by atoms with Gasteiger partial charge in [-0.2, -0.15) is 0 Å². The molecule has 4 rings (SSSR count). The van der Waals surface area contributed by atoms with Crippen LogP contribution in [0.2, 0.25) is 0 Å². The van der Waals surface area contributed by atoms with E-state index in [1.165, 1.54) is 38.5 Å². The van der Waals surface area contributed by atoms with E-state index >= 15 is 0 Å². The second-order valence-corrected chi connectivity index (χ2v) is 8.20. The molecule has 6 nitrogen and oxygen atoms in total. The standard InChI is InChI=1S/C19H32N4O2/c24-18(23-11-4-7-16(23)15-5-1-2-6-15)17-8-3-10-21(17)13-14-22-12-9-20-19(22)25/h15-17H,1-14H2,(H,20,25)/t16-,17-/m0/s1. The van der Waals surface area contributed by atoms with E-state index in [-0.39, 0.29) is 12.1 Å². The van der Waals surface area contributed by atoms with Gasteiger partial charge < -0.3 is 15.1 Å². The number of likely N-dealkylation sites (tertiary alicyclic amines) is 2. The van der Waals surface area contributed by atoms with Gasteiger partial charge in [0.25, 0.3) is 0 Å². The van der Waals surface area contributed by atoms with Crippen molar-refractivity contribution in [2.75, 3.05) is 39.3 Å². The minimum atomic E-state index is 0.0444. The zero-order valence-corrected chi connectivity index (χ0v) is 15.3. The maximum atomic E-state index is 13.3. The van der Waals surface area contributed by atoms with Crippen molar-refractivity contribution in [3.05, 3.63) is 0 Å². The number of carbonyl (C=O) groups is 2. The molecule has 0 radical (unpaired) electrons. The molecule has 140 valence electrons. The van der Waals surface area contributed by atoms with Gasteiger partial charge in [-0.05, 0) is 51.0 Å². The minimum Gasteiger partial charge on any atom is -0.338 e. The summed E-state index contributed by atoms with van der Waals surface area (Å²) in [6, 6.07) is 0.595. The van der Waals surface area contributed by atoms with E-state index in [4.69, 9.17) is 0 Å². The zero-order chi connectivity index (χ0) is 17.2. The van der Waals surface area contributed by atoms with Crippen LogP contribution in [-0.2, 0) is 4.79 Å². The Morgan fingerprint density at radius 1 is 0.960 bits per heavy atom. The second-order valence-electron chi connectivity index (χ2n) is 8.20. The monoisotopic (exact) mass is 348 g/mol. The topological polar surface area (TPSA) is 55.9 Å². The number of rotatable bonds is 5. The fraction of sp³-hybridized carbons (Fsp3) is 0.895. The van der Waals surface area contributed by atoms with Crippen molar-refractivity contribution < 1.29 is 9.59 Å². The van der Waals surface area contributed by atoms with Crippen molar-refractivity contribution in [3.8, 4) is 0 Å². The van der Waals surface area contributed by atoms with E-state index in [1.807, 2.05) is 4.90 Å². The molecule has 0 spiro atoms. The van der Waals surface area contributed by atoms with Crippen LogP contribution in [0.5, 0.6) is 0 Å². The molecule has 1 N–H and O–H groups in total. The van der Waals surface area contributed by atoms with Crippen molar-refractivity contribution in [1.29, 1.82) is 0 Å². The van der Waals surface area contributed by atoms with Gasteiger partial charge in [0.2, 0.25) is 5.91 Å². The fourth-order valence-electron chi connectivity index (χ4n) is 5.44. The molecule has 3 aliphatic heterocycles. The van der Waals surface area contributed by atoms with E-state index in [0.29, 0.717) is 11.9 Å². The Kier molecular flexibility index (Phi) is 5.15. The Morgan fingerprint density at radius 3 is 2.52 bits per heavy atom. The van der Waals surface area contributed by atoms with Crippen LogP contribution in [0.25, 0.3) is 0 Å².